The number of hydrogen-bond acceptors (Lipinski definition) is 16. The number of hydrogen-bond donors (Lipinski definition) is 11. The molecule has 3 aliphatic heterocycles. The third kappa shape index (κ3) is 4.96. The van der Waals surface area contributed by atoms with Crippen molar-refractivity contribution in [3.63, 3.8) is 0 Å². The first-order valence-corrected chi connectivity index (χ1v) is 10.6. The van der Waals surface area contributed by atoms with Crippen molar-refractivity contribution in [1.29, 1.82) is 0 Å². The second-order valence-corrected chi connectivity index (χ2v) is 8.37. The molecule has 13 unspecified atom stereocenters. The van der Waals surface area contributed by atoms with Gasteiger partial charge in [-0.05, 0) is 0 Å². The Kier molecular flexibility index (Phi) is 9.18. The molecule has 0 saturated carbocycles. The molecule has 11 N–H and O–H groups in total. The Morgan fingerprint density at radius 1 is 0.559 bits per heavy atom. The molecule has 0 radical (unpaired) electrons. The smallest absolute Gasteiger partial charge is 0.224 e. The van der Waals surface area contributed by atoms with Gasteiger partial charge in [0.1, 0.15) is 73.8 Å². The Morgan fingerprint density at radius 3 is 1.50 bits per heavy atom. The van der Waals surface area contributed by atoms with Crippen LogP contribution in [0.2, 0.25) is 0 Å². The molecule has 200 valence electrons. The van der Waals surface area contributed by atoms with Crippen LogP contribution < -0.4 is 0 Å². The van der Waals surface area contributed by atoms with Gasteiger partial charge in [-0.15, -0.1) is 0 Å². The van der Waals surface area contributed by atoms with Crippen molar-refractivity contribution in [2.45, 2.75) is 85.5 Å². The zero-order valence-electron chi connectivity index (χ0n) is 17.8. The lowest BCUT2D eigenvalue weighted by molar-refractivity contribution is -0.400. The SMILES string of the molecule is OCC1OC(OC2C(O)C(CO)O[C@@]2(CO)OC2OC(CO)C(O)C(O)C2O)C(O)C(O)C1O. The summed E-state index contributed by atoms with van der Waals surface area (Å²) in [5, 5.41) is 109. The van der Waals surface area contributed by atoms with Crippen molar-refractivity contribution in [3.8, 4) is 0 Å². The molecule has 0 bridgehead atoms. The van der Waals surface area contributed by atoms with Crippen molar-refractivity contribution >= 4 is 0 Å². The van der Waals surface area contributed by atoms with Crippen LogP contribution in [0, 0.1) is 0 Å². The molecule has 0 spiro atoms. The van der Waals surface area contributed by atoms with Gasteiger partial charge in [0.15, 0.2) is 12.6 Å². The lowest BCUT2D eigenvalue weighted by Crippen LogP contribution is -2.64. The van der Waals surface area contributed by atoms with Gasteiger partial charge in [0.2, 0.25) is 5.79 Å². The third-order valence-electron chi connectivity index (χ3n) is 6.17. The highest BCUT2D eigenvalue weighted by Gasteiger charge is 2.61. The molecule has 0 aromatic heterocycles. The molecule has 0 aromatic carbocycles. The maximum atomic E-state index is 10.6. The monoisotopic (exact) mass is 504 g/mol. The molecule has 3 rings (SSSR count). The topological polar surface area (TPSA) is 269 Å². The fraction of sp³-hybridized carbons (Fsp3) is 1.00. The van der Waals surface area contributed by atoms with Gasteiger partial charge in [-0.2, -0.15) is 0 Å². The number of aliphatic hydroxyl groups excluding tert-OH is 11. The Labute approximate surface area is 192 Å². The first-order valence-electron chi connectivity index (χ1n) is 10.6. The minimum absolute atomic E-state index is 0.777. The molecule has 3 fully saturated rings. The standard InChI is InChI=1S/C18H32O16/c19-1-5-8(23)11(26)13(28)16(30-5)32-15-10(25)7(3-21)33-18(15,4-22)34-17-14(29)12(27)9(24)6(2-20)31-17/h5-17,19-29H,1-4H2/t5?,6?,7?,8?,9?,10?,11?,12?,13?,14?,15?,16?,17?,18-/m0/s1. The highest BCUT2D eigenvalue weighted by atomic mass is 16.8. The normalized spacial score (nSPS) is 52.1. The summed E-state index contributed by atoms with van der Waals surface area (Å²) in [6, 6.07) is 0. The Balaban J connectivity index is 1.87. The maximum absolute atomic E-state index is 10.6. The van der Waals surface area contributed by atoms with Crippen LogP contribution in [0.3, 0.4) is 0 Å². The van der Waals surface area contributed by atoms with E-state index in [0.717, 1.165) is 0 Å². The van der Waals surface area contributed by atoms with E-state index in [1.54, 1.807) is 0 Å². The summed E-state index contributed by atoms with van der Waals surface area (Å²) in [4.78, 5) is 0. The summed E-state index contributed by atoms with van der Waals surface area (Å²) in [6.45, 7) is -3.49. The van der Waals surface area contributed by atoms with Gasteiger partial charge >= 0.3 is 0 Å². The quantitative estimate of drug-likeness (QED) is 0.146. The first kappa shape index (κ1) is 27.9. The van der Waals surface area contributed by atoms with Crippen molar-refractivity contribution < 1.29 is 79.9 Å². The largest absolute Gasteiger partial charge is 0.394 e. The lowest BCUT2D eigenvalue weighted by atomic mass is 9.98. The average Bonchev–Trinajstić information content (AvgIpc) is 3.10. The second kappa shape index (κ2) is 11.2. The predicted molar refractivity (Wildman–Crippen MR) is 101 cm³/mol. The Hall–Kier alpha value is -0.640. The predicted octanol–water partition coefficient (Wildman–Crippen LogP) is -7.57. The maximum Gasteiger partial charge on any atom is 0.224 e. The van der Waals surface area contributed by atoms with E-state index in [1.165, 1.54) is 0 Å². The summed E-state index contributed by atoms with van der Waals surface area (Å²) in [5.74, 6) is -2.43. The number of rotatable bonds is 8. The molecule has 34 heavy (non-hydrogen) atoms. The van der Waals surface area contributed by atoms with E-state index >= 15 is 0 Å². The van der Waals surface area contributed by atoms with Gasteiger partial charge in [0, 0.05) is 0 Å². The van der Waals surface area contributed by atoms with Crippen LogP contribution in [0.5, 0.6) is 0 Å². The van der Waals surface area contributed by atoms with E-state index in [0.29, 0.717) is 0 Å². The summed E-state index contributed by atoms with van der Waals surface area (Å²) in [7, 11) is 0. The van der Waals surface area contributed by atoms with E-state index in [4.69, 9.17) is 23.7 Å². The van der Waals surface area contributed by atoms with Crippen molar-refractivity contribution in [2.24, 2.45) is 0 Å². The summed E-state index contributed by atoms with van der Waals surface area (Å²) < 4.78 is 27.0. The van der Waals surface area contributed by atoms with Crippen molar-refractivity contribution in [2.75, 3.05) is 26.4 Å². The van der Waals surface area contributed by atoms with E-state index in [2.05, 4.69) is 0 Å². The molecule has 3 heterocycles. The van der Waals surface area contributed by atoms with Gasteiger partial charge in [0.25, 0.3) is 0 Å². The second-order valence-electron chi connectivity index (χ2n) is 8.37. The fourth-order valence-electron chi connectivity index (χ4n) is 4.12. The highest BCUT2D eigenvalue weighted by Crippen LogP contribution is 2.39. The van der Waals surface area contributed by atoms with Crippen LogP contribution in [0.25, 0.3) is 0 Å². The minimum atomic E-state index is -2.43. The van der Waals surface area contributed by atoms with Crippen LogP contribution in [-0.4, -0.2) is 168 Å². The van der Waals surface area contributed by atoms with E-state index in [-0.39, 0.29) is 0 Å². The van der Waals surface area contributed by atoms with E-state index in [9.17, 15) is 56.2 Å². The molecule has 0 aromatic rings. The van der Waals surface area contributed by atoms with E-state index in [1.807, 2.05) is 0 Å². The molecule has 16 heteroatoms. The molecule has 14 atom stereocenters. The molecule has 0 aliphatic carbocycles. The van der Waals surface area contributed by atoms with Crippen LogP contribution >= 0.6 is 0 Å². The Morgan fingerprint density at radius 2 is 1.03 bits per heavy atom. The van der Waals surface area contributed by atoms with Crippen molar-refractivity contribution in [3.05, 3.63) is 0 Å². The Bertz CT molecular complexity index is 651. The summed E-state index contributed by atoms with van der Waals surface area (Å²) in [6.07, 6.45) is -22.3. The highest BCUT2D eigenvalue weighted by molar-refractivity contribution is 5.01. The summed E-state index contributed by atoms with van der Waals surface area (Å²) >= 11 is 0. The van der Waals surface area contributed by atoms with Gasteiger partial charge in [-0.25, -0.2) is 0 Å². The number of ether oxygens (including phenoxy) is 5. The molecule has 0 amide bonds. The van der Waals surface area contributed by atoms with E-state index < -0.39 is 112 Å². The molecule has 16 nitrogen and oxygen atoms in total. The van der Waals surface area contributed by atoms with Crippen molar-refractivity contribution in [1.82, 2.24) is 0 Å². The minimum Gasteiger partial charge on any atom is -0.394 e. The van der Waals surface area contributed by atoms with Gasteiger partial charge in [-0.1, -0.05) is 0 Å². The zero-order chi connectivity index (χ0) is 25.4. The van der Waals surface area contributed by atoms with Gasteiger partial charge in [-0.3, -0.25) is 0 Å². The van der Waals surface area contributed by atoms with Crippen LogP contribution in [0.1, 0.15) is 0 Å². The molecule has 3 saturated heterocycles. The fourth-order valence-corrected chi connectivity index (χ4v) is 4.12. The molecule has 3 aliphatic rings. The van der Waals surface area contributed by atoms with Crippen LogP contribution in [-0.2, 0) is 23.7 Å². The zero-order valence-corrected chi connectivity index (χ0v) is 17.8. The first-order chi connectivity index (χ1) is 16.0. The number of aliphatic hydroxyl groups is 11. The third-order valence-corrected chi connectivity index (χ3v) is 6.17. The lowest BCUT2D eigenvalue weighted by Gasteiger charge is -2.45. The van der Waals surface area contributed by atoms with Gasteiger partial charge in [0.05, 0.1) is 19.8 Å². The van der Waals surface area contributed by atoms with Gasteiger partial charge < -0.3 is 79.9 Å². The van der Waals surface area contributed by atoms with Crippen LogP contribution in [0.15, 0.2) is 0 Å². The average molecular weight is 504 g/mol. The summed E-state index contributed by atoms with van der Waals surface area (Å²) in [5.41, 5.74) is 0. The van der Waals surface area contributed by atoms with Crippen LogP contribution in [0.4, 0.5) is 0 Å². The molecular formula is C18H32O16. The molecular weight excluding hydrogens is 472 g/mol.